The molecule has 2 aromatic rings. The maximum atomic E-state index is 13.0. The van der Waals surface area contributed by atoms with Crippen LogP contribution in [0.2, 0.25) is 0 Å². The van der Waals surface area contributed by atoms with E-state index in [1.165, 1.54) is 0 Å². The number of aromatic nitrogens is 1. The zero-order chi connectivity index (χ0) is 20.1. The Morgan fingerprint density at radius 3 is 2.61 bits per heavy atom. The number of carbonyl (C=O) groups is 1. The number of aliphatic hydroxyl groups excluding tert-OH is 1. The van der Waals surface area contributed by atoms with E-state index in [1.54, 1.807) is 6.07 Å². The van der Waals surface area contributed by atoms with Gasteiger partial charge in [0.1, 0.15) is 5.82 Å². The van der Waals surface area contributed by atoms with Crippen molar-refractivity contribution >= 4 is 11.7 Å². The summed E-state index contributed by atoms with van der Waals surface area (Å²) in [7, 11) is 0. The molecule has 0 unspecified atom stereocenters. The standard InChI is InChI=1S/C22H30N4O2/c1-16(2)14-25-11-12-26(15-19(25)10-13-27)22(28)18-8-6-17(7-9-18)20-4-3-5-21(23)24-20/h3-9,16,19,27H,10-15H2,1-2H3,(H2,23,24)/t19-/m1/s1. The van der Waals surface area contributed by atoms with Crippen LogP contribution in [0.3, 0.4) is 0 Å². The molecule has 0 saturated carbocycles. The Morgan fingerprint density at radius 1 is 1.21 bits per heavy atom. The molecule has 1 saturated heterocycles. The summed E-state index contributed by atoms with van der Waals surface area (Å²) in [6, 6.07) is 13.3. The Bertz CT molecular complexity index is 791. The van der Waals surface area contributed by atoms with Gasteiger partial charge in [-0.05, 0) is 36.6 Å². The van der Waals surface area contributed by atoms with Gasteiger partial charge in [-0.15, -0.1) is 0 Å². The van der Waals surface area contributed by atoms with Gasteiger partial charge >= 0.3 is 0 Å². The number of nitrogens with zero attached hydrogens (tertiary/aromatic N) is 3. The van der Waals surface area contributed by atoms with Gasteiger partial charge in [-0.2, -0.15) is 0 Å². The summed E-state index contributed by atoms with van der Waals surface area (Å²) in [5.74, 6) is 1.09. The smallest absolute Gasteiger partial charge is 0.253 e. The summed E-state index contributed by atoms with van der Waals surface area (Å²) in [4.78, 5) is 21.6. The van der Waals surface area contributed by atoms with Gasteiger partial charge in [0.15, 0.2) is 0 Å². The van der Waals surface area contributed by atoms with Gasteiger partial charge in [0.25, 0.3) is 5.91 Å². The molecule has 1 aliphatic rings. The zero-order valence-electron chi connectivity index (χ0n) is 16.7. The third-order valence-corrected chi connectivity index (χ3v) is 5.15. The van der Waals surface area contributed by atoms with E-state index in [1.807, 2.05) is 41.3 Å². The van der Waals surface area contributed by atoms with E-state index < -0.39 is 0 Å². The third-order valence-electron chi connectivity index (χ3n) is 5.15. The third kappa shape index (κ3) is 4.88. The summed E-state index contributed by atoms with van der Waals surface area (Å²) in [5, 5.41) is 9.43. The number of carbonyl (C=O) groups excluding carboxylic acids is 1. The van der Waals surface area contributed by atoms with Gasteiger partial charge in [0.2, 0.25) is 0 Å². The molecule has 0 spiro atoms. The summed E-state index contributed by atoms with van der Waals surface area (Å²) in [6.07, 6.45) is 0.691. The van der Waals surface area contributed by atoms with Crippen molar-refractivity contribution < 1.29 is 9.90 Å². The van der Waals surface area contributed by atoms with E-state index in [9.17, 15) is 9.90 Å². The summed E-state index contributed by atoms with van der Waals surface area (Å²) in [6.45, 7) is 7.75. The van der Waals surface area contributed by atoms with Crippen LogP contribution >= 0.6 is 0 Å². The molecule has 1 amide bonds. The predicted octanol–water partition coefficient (Wildman–Crippen LogP) is 2.50. The lowest BCUT2D eigenvalue weighted by Crippen LogP contribution is -2.55. The molecular formula is C22H30N4O2. The van der Waals surface area contributed by atoms with Gasteiger partial charge in [-0.1, -0.05) is 32.0 Å². The number of hydrogen-bond acceptors (Lipinski definition) is 5. The highest BCUT2D eigenvalue weighted by molar-refractivity contribution is 5.94. The van der Waals surface area contributed by atoms with Crippen molar-refractivity contribution in [1.29, 1.82) is 0 Å². The van der Waals surface area contributed by atoms with Gasteiger partial charge in [-0.3, -0.25) is 9.69 Å². The first kappa shape index (κ1) is 20.3. The molecule has 2 heterocycles. The summed E-state index contributed by atoms with van der Waals surface area (Å²) >= 11 is 0. The molecule has 0 aliphatic carbocycles. The van der Waals surface area contributed by atoms with Crippen molar-refractivity contribution in [2.45, 2.75) is 26.3 Å². The van der Waals surface area contributed by atoms with Crippen molar-refractivity contribution in [3.8, 4) is 11.3 Å². The van der Waals surface area contributed by atoms with Gasteiger partial charge in [-0.25, -0.2) is 4.98 Å². The highest BCUT2D eigenvalue weighted by Crippen LogP contribution is 2.21. The Kier molecular flexibility index (Phi) is 6.65. The Labute approximate surface area is 167 Å². The van der Waals surface area contributed by atoms with Gasteiger partial charge in [0.05, 0.1) is 5.69 Å². The number of pyridine rings is 1. The molecule has 150 valence electrons. The number of hydrogen-bond donors (Lipinski definition) is 2. The van der Waals surface area contributed by atoms with Crippen molar-refractivity contribution in [2.75, 3.05) is 38.5 Å². The molecule has 3 N–H and O–H groups in total. The number of rotatable bonds is 6. The fourth-order valence-electron chi connectivity index (χ4n) is 3.79. The number of anilines is 1. The van der Waals surface area contributed by atoms with Crippen LogP contribution in [0.5, 0.6) is 0 Å². The minimum Gasteiger partial charge on any atom is -0.396 e. The quantitative estimate of drug-likeness (QED) is 0.802. The van der Waals surface area contributed by atoms with Crippen molar-refractivity contribution in [2.24, 2.45) is 5.92 Å². The molecule has 1 aromatic heterocycles. The van der Waals surface area contributed by atoms with Crippen molar-refractivity contribution in [3.63, 3.8) is 0 Å². The van der Waals surface area contributed by atoms with E-state index in [0.717, 1.165) is 24.3 Å². The van der Waals surface area contributed by atoms with Crippen LogP contribution in [0.25, 0.3) is 11.3 Å². The highest BCUT2D eigenvalue weighted by atomic mass is 16.3. The first-order chi connectivity index (χ1) is 13.5. The minimum atomic E-state index is 0.0409. The lowest BCUT2D eigenvalue weighted by Gasteiger charge is -2.42. The predicted molar refractivity (Wildman–Crippen MR) is 112 cm³/mol. The number of benzene rings is 1. The molecular weight excluding hydrogens is 352 g/mol. The average molecular weight is 383 g/mol. The van der Waals surface area contributed by atoms with Crippen LogP contribution < -0.4 is 5.73 Å². The normalized spacial score (nSPS) is 17.9. The molecule has 6 nitrogen and oxygen atoms in total. The zero-order valence-corrected chi connectivity index (χ0v) is 16.7. The Balaban J connectivity index is 1.69. The van der Waals surface area contributed by atoms with Gasteiger partial charge < -0.3 is 15.7 Å². The molecule has 6 heteroatoms. The van der Waals surface area contributed by atoms with Crippen LogP contribution in [0.4, 0.5) is 5.82 Å². The maximum Gasteiger partial charge on any atom is 0.253 e. The van der Waals surface area contributed by atoms with Gasteiger partial charge in [0, 0.05) is 50.0 Å². The van der Waals surface area contributed by atoms with Crippen LogP contribution in [0.15, 0.2) is 42.5 Å². The fraction of sp³-hybridized carbons (Fsp3) is 0.455. The molecule has 0 radical (unpaired) electrons. The van der Waals surface area contributed by atoms with Crippen LogP contribution in [0.1, 0.15) is 30.6 Å². The van der Waals surface area contributed by atoms with E-state index in [0.29, 0.717) is 36.8 Å². The minimum absolute atomic E-state index is 0.0409. The maximum absolute atomic E-state index is 13.0. The lowest BCUT2D eigenvalue weighted by atomic mass is 10.0. The van der Waals surface area contributed by atoms with E-state index >= 15 is 0 Å². The lowest BCUT2D eigenvalue weighted by molar-refractivity contribution is 0.0384. The van der Waals surface area contributed by atoms with Crippen molar-refractivity contribution in [1.82, 2.24) is 14.8 Å². The molecule has 1 aliphatic heterocycles. The highest BCUT2D eigenvalue weighted by Gasteiger charge is 2.29. The Hall–Kier alpha value is -2.44. The monoisotopic (exact) mass is 382 g/mol. The average Bonchev–Trinajstić information content (AvgIpc) is 2.69. The topological polar surface area (TPSA) is 82.7 Å². The molecule has 0 bridgehead atoms. The van der Waals surface area contributed by atoms with Crippen LogP contribution in [-0.2, 0) is 0 Å². The largest absolute Gasteiger partial charge is 0.396 e. The first-order valence-corrected chi connectivity index (χ1v) is 9.95. The van der Waals surface area contributed by atoms with E-state index in [2.05, 4.69) is 23.7 Å². The van der Waals surface area contributed by atoms with Crippen molar-refractivity contribution in [3.05, 3.63) is 48.0 Å². The fourth-order valence-corrected chi connectivity index (χ4v) is 3.79. The first-order valence-electron chi connectivity index (χ1n) is 9.95. The number of amides is 1. The SMILES string of the molecule is CC(C)CN1CCN(C(=O)c2ccc(-c3cccc(N)n3)cc2)C[C@H]1CCO. The van der Waals surface area contributed by atoms with E-state index in [-0.39, 0.29) is 18.6 Å². The second-order valence-electron chi connectivity index (χ2n) is 7.83. The number of nitrogens with two attached hydrogens (primary N) is 1. The number of nitrogen functional groups attached to an aromatic ring is 1. The Morgan fingerprint density at radius 2 is 1.96 bits per heavy atom. The number of aliphatic hydroxyl groups is 1. The molecule has 1 fully saturated rings. The molecule has 3 rings (SSSR count). The summed E-state index contributed by atoms with van der Waals surface area (Å²) in [5.41, 5.74) is 8.16. The van der Waals surface area contributed by atoms with Crippen LogP contribution in [0, 0.1) is 5.92 Å². The summed E-state index contributed by atoms with van der Waals surface area (Å²) < 4.78 is 0. The second kappa shape index (κ2) is 9.17. The molecule has 28 heavy (non-hydrogen) atoms. The molecule has 1 aromatic carbocycles. The second-order valence-corrected chi connectivity index (χ2v) is 7.83. The van der Waals surface area contributed by atoms with E-state index in [4.69, 9.17) is 5.73 Å². The number of piperazine rings is 1. The van der Waals surface area contributed by atoms with Crippen LogP contribution in [-0.4, -0.2) is 64.6 Å². The molecule has 1 atom stereocenters.